The van der Waals surface area contributed by atoms with Gasteiger partial charge in [0, 0.05) is 10.9 Å². The van der Waals surface area contributed by atoms with Crippen LogP contribution >= 0.6 is 27.5 Å². The quantitative estimate of drug-likeness (QED) is 0.452. The average molecular weight is 350 g/mol. The predicted octanol–water partition coefficient (Wildman–Crippen LogP) is 4.36. The zero-order valence-electron chi connectivity index (χ0n) is 11.1. The van der Waals surface area contributed by atoms with Gasteiger partial charge < -0.3 is 9.84 Å². The number of hydrogen-bond donors (Lipinski definition) is 1. The molecule has 0 amide bonds. The Morgan fingerprint density at radius 3 is 2.74 bits per heavy atom. The molecule has 19 heavy (non-hydrogen) atoms. The highest BCUT2D eigenvalue weighted by Crippen LogP contribution is 2.39. The maximum atomic E-state index is 11.5. The van der Waals surface area contributed by atoms with Gasteiger partial charge in [0.2, 0.25) is 0 Å². The highest BCUT2D eigenvalue weighted by atomic mass is 79.9. The topological polar surface area (TPSA) is 46.5 Å². The monoisotopic (exact) mass is 348 g/mol. The van der Waals surface area contributed by atoms with E-state index in [0.29, 0.717) is 29.4 Å². The molecule has 0 aliphatic heterocycles. The van der Waals surface area contributed by atoms with Crippen molar-refractivity contribution in [1.82, 2.24) is 0 Å². The van der Waals surface area contributed by atoms with Gasteiger partial charge in [0.25, 0.3) is 0 Å². The van der Waals surface area contributed by atoms with E-state index >= 15 is 0 Å². The van der Waals surface area contributed by atoms with Crippen LogP contribution in [0.1, 0.15) is 42.6 Å². The number of phenols is 1. The van der Waals surface area contributed by atoms with Crippen LogP contribution in [0.4, 0.5) is 0 Å². The van der Waals surface area contributed by atoms with Crippen LogP contribution in [-0.2, 0) is 6.42 Å². The Balaban J connectivity index is 3.20. The number of ketones is 1. The Hall–Kier alpha value is -0.740. The van der Waals surface area contributed by atoms with Crippen molar-refractivity contribution in [3.63, 3.8) is 0 Å². The summed E-state index contributed by atoms with van der Waals surface area (Å²) in [5, 5.41) is 11.4. The summed E-state index contributed by atoms with van der Waals surface area (Å²) in [5.74, 6) is 0.281. The van der Waals surface area contributed by atoms with Gasteiger partial charge in [-0.15, -0.1) is 0 Å². The fraction of sp³-hybridized carbons (Fsp3) is 0.500. The molecule has 1 aromatic rings. The van der Waals surface area contributed by atoms with E-state index in [2.05, 4.69) is 15.9 Å². The number of carbonyl (C=O) groups excluding carboxylic acids is 1. The van der Waals surface area contributed by atoms with Gasteiger partial charge in [-0.1, -0.05) is 40.9 Å². The first kappa shape index (κ1) is 16.3. The number of phenolic OH excluding ortho intramolecular Hbond substituents is 1. The molecule has 0 unspecified atom stereocenters. The van der Waals surface area contributed by atoms with Gasteiger partial charge in [-0.2, -0.15) is 0 Å². The van der Waals surface area contributed by atoms with Crippen LogP contribution in [0.25, 0.3) is 0 Å². The number of halogens is 2. The van der Waals surface area contributed by atoms with Crippen molar-refractivity contribution in [1.29, 1.82) is 0 Å². The summed E-state index contributed by atoms with van der Waals surface area (Å²) in [6.45, 7) is 3.92. The molecule has 1 N–H and O–H groups in total. The van der Waals surface area contributed by atoms with Crippen molar-refractivity contribution < 1.29 is 14.6 Å². The summed E-state index contributed by atoms with van der Waals surface area (Å²) < 4.78 is 5.64. The molecule has 1 rings (SSSR count). The van der Waals surface area contributed by atoms with Gasteiger partial charge in [0.1, 0.15) is 11.5 Å². The molecule has 0 saturated carbocycles. The van der Waals surface area contributed by atoms with Crippen molar-refractivity contribution in [3.05, 3.63) is 22.2 Å². The first-order valence-corrected chi connectivity index (χ1v) is 7.76. The molecule has 0 fully saturated rings. The van der Waals surface area contributed by atoms with Crippen molar-refractivity contribution in [2.24, 2.45) is 0 Å². The molecule has 5 heteroatoms. The first-order chi connectivity index (χ1) is 9.02. The van der Waals surface area contributed by atoms with Gasteiger partial charge in [-0.3, -0.25) is 4.79 Å². The van der Waals surface area contributed by atoms with Gasteiger partial charge in [-0.25, -0.2) is 0 Å². The van der Waals surface area contributed by atoms with Crippen LogP contribution in [0.15, 0.2) is 6.07 Å². The normalized spacial score (nSPS) is 10.5. The number of ether oxygens (including phenoxy) is 1. The predicted molar refractivity (Wildman–Crippen MR) is 81.0 cm³/mol. The van der Waals surface area contributed by atoms with Crippen molar-refractivity contribution >= 4 is 33.3 Å². The number of hydrogen-bond acceptors (Lipinski definition) is 3. The lowest BCUT2D eigenvalue weighted by atomic mass is 10.0. The lowest BCUT2D eigenvalue weighted by molar-refractivity contribution is 0.101. The second-order valence-electron chi connectivity index (χ2n) is 4.26. The number of carbonyl (C=O) groups is 1. The van der Waals surface area contributed by atoms with Gasteiger partial charge in [-0.05, 0) is 25.8 Å². The number of rotatable bonds is 7. The molecule has 106 valence electrons. The molecule has 0 heterocycles. The molecule has 0 bridgehead atoms. The number of benzene rings is 1. The lowest BCUT2D eigenvalue weighted by Crippen LogP contribution is -2.04. The van der Waals surface area contributed by atoms with Crippen LogP contribution in [0, 0.1) is 0 Å². The van der Waals surface area contributed by atoms with E-state index in [1.54, 1.807) is 0 Å². The van der Waals surface area contributed by atoms with E-state index in [1.165, 1.54) is 13.0 Å². The molecule has 0 atom stereocenters. The molecular weight excluding hydrogens is 332 g/mol. The van der Waals surface area contributed by atoms with Crippen LogP contribution in [0.5, 0.6) is 11.5 Å². The minimum atomic E-state index is -0.205. The maximum absolute atomic E-state index is 11.5. The average Bonchev–Trinajstić information content (AvgIpc) is 2.36. The fourth-order valence-corrected chi connectivity index (χ4v) is 2.32. The molecule has 0 aliphatic rings. The Kier molecular flexibility index (Phi) is 6.66. The zero-order valence-corrected chi connectivity index (χ0v) is 13.5. The largest absolute Gasteiger partial charge is 0.507 e. The number of Topliss-reactive ketones (excluding diaryl/α,β-unsaturated/α-hetero) is 1. The molecule has 0 radical (unpaired) electrons. The van der Waals surface area contributed by atoms with E-state index < -0.39 is 0 Å². The Labute approximate surface area is 127 Å². The Morgan fingerprint density at radius 1 is 1.53 bits per heavy atom. The summed E-state index contributed by atoms with van der Waals surface area (Å²) in [7, 11) is 0. The Morgan fingerprint density at radius 2 is 2.21 bits per heavy atom. The summed E-state index contributed by atoms with van der Waals surface area (Å²) in [5.41, 5.74) is 0.871. The number of aromatic hydroxyl groups is 1. The standard InChI is InChI=1S/C14H18BrClO3/c1-3-5-10-13(18)11(9(2)17)8-12(16)14(10)19-7-4-6-15/h8,18H,3-7H2,1-2H3. The van der Waals surface area contributed by atoms with Crippen molar-refractivity contribution in [3.8, 4) is 11.5 Å². The van der Waals surface area contributed by atoms with Crippen LogP contribution < -0.4 is 4.74 Å². The number of alkyl halides is 1. The SMILES string of the molecule is CCCc1c(O)c(C(C)=O)cc(Cl)c1OCCCBr. The fourth-order valence-electron chi connectivity index (χ4n) is 1.81. The van der Waals surface area contributed by atoms with Gasteiger partial charge >= 0.3 is 0 Å². The lowest BCUT2D eigenvalue weighted by Gasteiger charge is -2.16. The van der Waals surface area contributed by atoms with Crippen LogP contribution in [-0.4, -0.2) is 22.8 Å². The third-order valence-corrected chi connectivity index (χ3v) is 3.55. The Bertz CT molecular complexity index is 460. The van der Waals surface area contributed by atoms with Crippen molar-refractivity contribution in [2.75, 3.05) is 11.9 Å². The molecule has 0 spiro atoms. The van der Waals surface area contributed by atoms with E-state index in [9.17, 15) is 9.90 Å². The van der Waals surface area contributed by atoms with Gasteiger partial charge in [0.15, 0.2) is 5.78 Å². The van der Waals surface area contributed by atoms with Gasteiger partial charge in [0.05, 0.1) is 17.2 Å². The summed E-state index contributed by atoms with van der Waals surface area (Å²) in [4.78, 5) is 11.5. The molecule has 0 aliphatic carbocycles. The summed E-state index contributed by atoms with van der Waals surface area (Å²) >= 11 is 9.49. The summed E-state index contributed by atoms with van der Waals surface area (Å²) in [6.07, 6.45) is 2.30. The van der Waals surface area contributed by atoms with E-state index in [0.717, 1.165) is 18.2 Å². The van der Waals surface area contributed by atoms with Crippen LogP contribution in [0.2, 0.25) is 5.02 Å². The highest BCUT2D eigenvalue weighted by molar-refractivity contribution is 9.09. The molecule has 0 saturated heterocycles. The summed E-state index contributed by atoms with van der Waals surface area (Å²) in [6, 6.07) is 1.47. The smallest absolute Gasteiger partial charge is 0.163 e. The van der Waals surface area contributed by atoms with Crippen molar-refractivity contribution in [2.45, 2.75) is 33.1 Å². The molecule has 1 aromatic carbocycles. The van der Waals surface area contributed by atoms with E-state index in [-0.39, 0.29) is 17.1 Å². The van der Waals surface area contributed by atoms with E-state index in [1.807, 2.05) is 6.92 Å². The minimum absolute atomic E-state index is 0.00686. The first-order valence-electron chi connectivity index (χ1n) is 6.26. The molecular formula is C14H18BrClO3. The third kappa shape index (κ3) is 4.11. The second kappa shape index (κ2) is 7.75. The molecule has 0 aromatic heterocycles. The zero-order chi connectivity index (χ0) is 14.4. The maximum Gasteiger partial charge on any atom is 0.163 e. The minimum Gasteiger partial charge on any atom is -0.507 e. The highest BCUT2D eigenvalue weighted by Gasteiger charge is 2.19. The van der Waals surface area contributed by atoms with Crippen LogP contribution in [0.3, 0.4) is 0 Å². The third-order valence-electron chi connectivity index (χ3n) is 2.71. The molecule has 3 nitrogen and oxygen atoms in total. The van der Waals surface area contributed by atoms with E-state index in [4.69, 9.17) is 16.3 Å². The second-order valence-corrected chi connectivity index (χ2v) is 5.46.